The summed E-state index contributed by atoms with van der Waals surface area (Å²) in [5.74, 6) is -0.509. The van der Waals surface area contributed by atoms with Gasteiger partial charge in [-0.1, -0.05) is 267 Å². The van der Waals surface area contributed by atoms with Crippen molar-refractivity contribution in [1.82, 2.24) is 5.32 Å². The van der Waals surface area contributed by atoms with Crippen molar-refractivity contribution in [3.63, 3.8) is 0 Å². The minimum atomic E-state index is -4.46. The van der Waals surface area contributed by atoms with Gasteiger partial charge in [-0.3, -0.25) is 18.6 Å². The average Bonchev–Trinajstić information content (AvgIpc) is 3.42. The first kappa shape index (κ1) is 77.5. The lowest BCUT2D eigenvalue weighted by Gasteiger charge is -2.27. The number of nitrogens with one attached hydrogen (secondary N) is 1. The van der Waals surface area contributed by atoms with Crippen LogP contribution in [0.25, 0.3) is 0 Å². The zero-order chi connectivity index (χ0) is 58.6. The molecule has 0 bridgehead atoms. The third-order valence-electron chi connectivity index (χ3n) is 14.9. The first-order chi connectivity index (χ1) is 38.9. The molecular weight excluding hydrogens is 1010 g/mol. The summed E-state index contributed by atoms with van der Waals surface area (Å²) in [6, 6.07) is -0.855. The Labute approximate surface area is 495 Å². The van der Waals surface area contributed by atoms with Crippen LogP contribution in [-0.2, 0) is 27.9 Å². The van der Waals surface area contributed by atoms with Crippen molar-refractivity contribution in [1.29, 1.82) is 0 Å². The molecule has 0 aliphatic carbocycles. The molecule has 0 saturated heterocycles. The summed E-state index contributed by atoms with van der Waals surface area (Å²) in [6.45, 7) is 6.98. The second-order valence-electron chi connectivity index (χ2n) is 24.0. The molecule has 1 amide bonds. The summed E-state index contributed by atoms with van der Waals surface area (Å²) in [6.07, 6.45) is 77.5. The number of amides is 1. The fourth-order valence-electron chi connectivity index (χ4n) is 9.63. The van der Waals surface area contributed by atoms with Crippen molar-refractivity contribution >= 4 is 19.7 Å². The van der Waals surface area contributed by atoms with Crippen LogP contribution in [0.4, 0.5) is 0 Å². The summed E-state index contributed by atoms with van der Waals surface area (Å²) in [4.78, 5) is 37.8. The van der Waals surface area contributed by atoms with E-state index in [-0.39, 0.29) is 31.5 Å². The van der Waals surface area contributed by atoms with Crippen LogP contribution in [0.1, 0.15) is 310 Å². The Bertz CT molecular complexity index is 1600. The predicted octanol–water partition coefficient (Wildman–Crippen LogP) is 21.2. The van der Waals surface area contributed by atoms with E-state index in [1.807, 2.05) is 33.3 Å². The number of phosphoric ester groups is 1. The summed E-state index contributed by atoms with van der Waals surface area (Å²) in [7, 11) is 1.49. The predicted molar refractivity (Wildman–Crippen MR) is 346 cm³/mol. The molecule has 3 atom stereocenters. The zero-order valence-corrected chi connectivity index (χ0v) is 54.2. The standard InChI is InChI=1S/C70H129N2O7P/c1-7-10-13-16-19-22-25-28-30-32-34-36-38-40-42-44-47-50-53-56-59-62-69(73)71-67(66-78-80(75,76)77-65-64-72(4,5)6)68(61-58-55-52-49-46-27-24-21-18-15-12-9-3)79-70(74)63-60-57-54-51-48-45-43-41-39-37-35-33-31-29-26-23-20-17-14-11-8-2/h19-20,22-23,28-31,35,37,58,61,67-68H,7-18,21,24-27,32-34,36,38-57,59-60,62-66H2,1-6H3,(H-,71,73,75,76)/p+1/b22-19-,23-20-,30-28-,31-29-,37-35-,61-58+. The van der Waals surface area contributed by atoms with Crippen LogP contribution in [0.15, 0.2) is 72.9 Å². The molecule has 9 nitrogen and oxygen atoms in total. The highest BCUT2D eigenvalue weighted by molar-refractivity contribution is 7.47. The van der Waals surface area contributed by atoms with Gasteiger partial charge in [-0.15, -0.1) is 0 Å². The number of nitrogens with zero attached hydrogens (tertiary/aromatic N) is 1. The van der Waals surface area contributed by atoms with E-state index in [0.29, 0.717) is 17.4 Å². The van der Waals surface area contributed by atoms with E-state index in [9.17, 15) is 19.0 Å². The molecule has 0 fully saturated rings. The third-order valence-corrected chi connectivity index (χ3v) is 15.9. The number of unbranched alkanes of at least 4 members (excludes halogenated alkanes) is 35. The van der Waals surface area contributed by atoms with E-state index in [1.54, 1.807) is 0 Å². The van der Waals surface area contributed by atoms with Crippen molar-refractivity contribution in [3.8, 4) is 0 Å². The van der Waals surface area contributed by atoms with Crippen LogP contribution in [0.3, 0.4) is 0 Å². The number of allylic oxidation sites excluding steroid dienone is 11. The Kier molecular flexibility index (Phi) is 57.7. The van der Waals surface area contributed by atoms with E-state index >= 15 is 0 Å². The number of carbonyl (C=O) groups excluding carboxylic acids is 2. The van der Waals surface area contributed by atoms with Gasteiger partial charge in [0.2, 0.25) is 5.91 Å². The molecule has 0 saturated carbocycles. The van der Waals surface area contributed by atoms with Gasteiger partial charge in [0.15, 0.2) is 0 Å². The lowest BCUT2D eigenvalue weighted by molar-refractivity contribution is -0.870. The average molecular weight is 1140 g/mol. The van der Waals surface area contributed by atoms with E-state index in [2.05, 4.69) is 86.8 Å². The molecule has 0 aliphatic rings. The van der Waals surface area contributed by atoms with Crippen molar-refractivity contribution in [3.05, 3.63) is 72.9 Å². The minimum Gasteiger partial charge on any atom is -0.456 e. The van der Waals surface area contributed by atoms with E-state index < -0.39 is 20.0 Å². The second kappa shape index (κ2) is 59.6. The monoisotopic (exact) mass is 1140 g/mol. The Morgan fingerprint density at radius 2 is 0.762 bits per heavy atom. The van der Waals surface area contributed by atoms with Crippen LogP contribution in [0, 0.1) is 0 Å². The van der Waals surface area contributed by atoms with Crippen LogP contribution in [-0.4, -0.2) is 74.3 Å². The van der Waals surface area contributed by atoms with Crippen LogP contribution < -0.4 is 5.32 Å². The Balaban J connectivity index is 5.17. The van der Waals surface area contributed by atoms with Gasteiger partial charge in [0.25, 0.3) is 0 Å². The zero-order valence-electron chi connectivity index (χ0n) is 53.3. The fraction of sp³-hybridized carbons (Fsp3) is 0.800. The molecule has 10 heteroatoms. The molecule has 80 heavy (non-hydrogen) atoms. The summed E-state index contributed by atoms with van der Waals surface area (Å²) >= 11 is 0. The molecule has 0 radical (unpaired) electrons. The van der Waals surface area contributed by atoms with E-state index in [4.69, 9.17) is 13.8 Å². The third kappa shape index (κ3) is 60.1. The molecule has 0 rings (SSSR count). The van der Waals surface area contributed by atoms with Crippen molar-refractivity contribution in [2.75, 3.05) is 40.9 Å². The maximum absolute atomic E-state index is 13.6. The minimum absolute atomic E-state index is 0.0370. The lowest BCUT2D eigenvalue weighted by Crippen LogP contribution is -2.47. The maximum Gasteiger partial charge on any atom is 0.472 e. The molecule has 3 unspecified atom stereocenters. The molecule has 0 heterocycles. The van der Waals surface area contributed by atoms with Crippen molar-refractivity contribution in [2.45, 2.75) is 322 Å². The number of rotatable bonds is 61. The highest BCUT2D eigenvalue weighted by Crippen LogP contribution is 2.43. The maximum atomic E-state index is 13.6. The number of likely N-dealkylation sites (N-methyl/N-ethyl adjacent to an activating group) is 1. The summed E-state index contributed by atoms with van der Waals surface area (Å²) < 4.78 is 30.8. The largest absolute Gasteiger partial charge is 0.472 e. The molecule has 0 aliphatic heterocycles. The molecule has 466 valence electrons. The second-order valence-corrected chi connectivity index (χ2v) is 25.4. The van der Waals surface area contributed by atoms with Gasteiger partial charge in [-0.05, 0) is 102 Å². The molecular formula is C70H130N2O7P+. The molecule has 0 aromatic rings. The number of hydrogen-bond acceptors (Lipinski definition) is 6. The summed E-state index contributed by atoms with van der Waals surface area (Å²) in [5, 5.41) is 3.06. The quantitative estimate of drug-likeness (QED) is 0.0205. The molecule has 0 aromatic carbocycles. The van der Waals surface area contributed by atoms with Gasteiger partial charge in [0.1, 0.15) is 19.3 Å². The highest BCUT2D eigenvalue weighted by atomic mass is 31.2. The van der Waals surface area contributed by atoms with E-state index in [1.165, 1.54) is 186 Å². The normalized spacial score (nSPS) is 14.0. The smallest absolute Gasteiger partial charge is 0.456 e. The van der Waals surface area contributed by atoms with Crippen molar-refractivity contribution in [2.24, 2.45) is 0 Å². The number of quaternary nitrogens is 1. The van der Waals surface area contributed by atoms with Gasteiger partial charge in [0, 0.05) is 12.8 Å². The van der Waals surface area contributed by atoms with Crippen LogP contribution in [0.2, 0.25) is 0 Å². The van der Waals surface area contributed by atoms with Crippen LogP contribution >= 0.6 is 7.82 Å². The highest BCUT2D eigenvalue weighted by Gasteiger charge is 2.30. The first-order valence-corrected chi connectivity index (χ1v) is 35.3. The summed E-state index contributed by atoms with van der Waals surface area (Å²) in [5.41, 5.74) is 0. The Morgan fingerprint density at radius 1 is 0.438 bits per heavy atom. The number of hydrogen-bond donors (Lipinski definition) is 2. The first-order valence-electron chi connectivity index (χ1n) is 33.8. The lowest BCUT2D eigenvalue weighted by atomic mass is 10.0. The SMILES string of the molecule is CCCCC/C=C\C/C=C\C/C=C\CCCCCCCCCCC(=O)OC(/C=C/CCCCCCCCCCCC)C(COP(=O)(O)OCC[N+](C)(C)C)NC(=O)CCCCCCCCCCCCC/C=C\C/C=C\CCCCC. The Hall–Kier alpha value is -2.55. The van der Waals surface area contributed by atoms with Crippen molar-refractivity contribution < 1.29 is 37.3 Å². The van der Waals surface area contributed by atoms with Gasteiger partial charge in [0.05, 0.1) is 33.8 Å². The van der Waals surface area contributed by atoms with Crippen LogP contribution in [0.5, 0.6) is 0 Å². The van der Waals surface area contributed by atoms with Gasteiger partial charge in [-0.2, -0.15) is 0 Å². The topological polar surface area (TPSA) is 111 Å². The number of phosphoric acid groups is 1. The molecule has 2 N–H and O–H groups in total. The number of esters is 1. The van der Waals surface area contributed by atoms with Gasteiger partial charge < -0.3 is 19.4 Å². The molecule has 0 aromatic heterocycles. The van der Waals surface area contributed by atoms with Gasteiger partial charge in [-0.25, -0.2) is 4.57 Å². The number of carbonyl (C=O) groups is 2. The van der Waals surface area contributed by atoms with E-state index in [0.717, 1.165) is 89.9 Å². The fourth-order valence-corrected chi connectivity index (χ4v) is 10.4. The number of ether oxygens (including phenoxy) is 1. The Morgan fingerprint density at radius 3 is 1.16 bits per heavy atom. The van der Waals surface area contributed by atoms with Gasteiger partial charge >= 0.3 is 13.8 Å². The molecule has 0 spiro atoms.